The van der Waals surface area contributed by atoms with Crippen LogP contribution in [-0.2, 0) is 0 Å². The van der Waals surface area contributed by atoms with Crippen LogP contribution in [0.25, 0.3) is 5.53 Å². The molecule has 4 nitrogen and oxygen atoms in total. The molecule has 7 heavy (non-hydrogen) atoms. The molecule has 0 aromatic heterocycles. The third kappa shape index (κ3) is 2.05. The van der Waals surface area contributed by atoms with E-state index in [2.05, 4.69) is 4.79 Å². The number of rotatable bonds is 2. The maximum Gasteiger partial charge on any atom is 0.318 e. The molecule has 40 valence electrons. The lowest BCUT2D eigenvalue weighted by Gasteiger charge is -1.77. The average Bonchev–Trinajstić information content (AvgIpc) is 1.72. The van der Waals surface area contributed by atoms with Crippen LogP contribution in [0.15, 0.2) is 0 Å². The zero-order valence-corrected chi connectivity index (χ0v) is 3.70. The zero-order chi connectivity index (χ0) is 5.70. The second-order valence-electron chi connectivity index (χ2n) is 0.982. The standard InChI is InChI=1S/C3H6N2O2/c4-5-3(1-6)2-7/h6-7H,1-2H2. The Hall–Kier alpha value is -0.700. The van der Waals surface area contributed by atoms with Gasteiger partial charge in [0.15, 0.2) is 0 Å². The Morgan fingerprint density at radius 1 is 1.43 bits per heavy atom. The van der Waals surface area contributed by atoms with E-state index in [1.807, 2.05) is 0 Å². The predicted molar refractivity (Wildman–Crippen MR) is 22.8 cm³/mol. The molecule has 0 heterocycles. The first-order chi connectivity index (χ1) is 3.35. The molecule has 4 heteroatoms. The molecule has 0 atom stereocenters. The van der Waals surface area contributed by atoms with E-state index < -0.39 is 13.2 Å². The number of hydrogen-bond acceptors (Lipinski definition) is 2. The minimum atomic E-state index is -0.396. The van der Waals surface area contributed by atoms with E-state index >= 15 is 0 Å². The van der Waals surface area contributed by atoms with Gasteiger partial charge in [0.2, 0.25) is 0 Å². The van der Waals surface area contributed by atoms with Crippen LogP contribution in [0.2, 0.25) is 0 Å². The van der Waals surface area contributed by atoms with Crippen LogP contribution in [0.4, 0.5) is 0 Å². The Morgan fingerprint density at radius 2 is 1.86 bits per heavy atom. The highest BCUT2D eigenvalue weighted by molar-refractivity contribution is 5.80. The van der Waals surface area contributed by atoms with Gasteiger partial charge in [-0.3, -0.25) is 0 Å². The van der Waals surface area contributed by atoms with Crippen LogP contribution in [0.1, 0.15) is 0 Å². The summed E-state index contributed by atoms with van der Waals surface area (Å²) in [4.78, 5) is 2.54. The van der Waals surface area contributed by atoms with Gasteiger partial charge in [-0.2, -0.15) is 4.79 Å². The van der Waals surface area contributed by atoms with Crippen molar-refractivity contribution in [3.05, 3.63) is 5.53 Å². The van der Waals surface area contributed by atoms with Gasteiger partial charge in [0.25, 0.3) is 0 Å². The molecule has 0 amide bonds. The second-order valence-corrected chi connectivity index (χ2v) is 0.982. The van der Waals surface area contributed by atoms with Crippen molar-refractivity contribution in [1.82, 2.24) is 0 Å². The molecule has 0 aromatic carbocycles. The summed E-state index contributed by atoms with van der Waals surface area (Å²) in [6, 6.07) is 0. The van der Waals surface area contributed by atoms with Gasteiger partial charge < -0.3 is 15.7 Å². The molecule has 0 aliphatic rings. The van der Waals surface area contributed by atoms with E-state index in [1.165, 1.54) is 0 Å². The summed E-state index contributed by atoms with van der Waals surface area (Å²) < 4.78 is 0. The van der Waals surface area contributed by atoms with Crippen molar-refractivity contribution in [3.63, 3.8) is 0 Å². The summed E-state index contributed by atoms with van der Waals surface area (Å²) in [5, 5.41) is 16.2. The Labute approximate surface area is 40.6 Å². The number of hydrogen-bond donors (Lipinski definition) is 2. The van der Waals surface area contributed by atoms with Gasteiger partial charge in [0, 0.05) is 0 Å². The Balaban J connectivity index is 3.61. The van der Waals surface area contributed by atoms with Crippen molar-refractivity contribution in [2.45, 2.75) is 0 Å². The third-order valence-electron chi connectivity index (χ3n) is 0.506. The average molecular weight is 102 g/mol. The first-order valence-corrected chi connectivity index (χ1v) is 1.76. The molecule has 0 fully saturated rings. The monoisotopic (exact) mass is 102 g/mol. The van der Waals surface area contributed by atoms with Crippen molar-refractivity contribution in [1.29, 1.82) is 0 Å². The smallest absolute Gasteiger partial charge is 0.318 e. The molecule has 0 aliphatic heterocycles. The normalized spacial score (nSPS) is 7.71. The largest absolute Gasteiger partial charge is 0.384 e. The van der Waals surface area contributed by atoms with Crippen LogP contribution < -0.4 is 0 Å². The molecule has 0 unspecified atom stereocenters. The third-order valence-corrected chi connectivity index (χ3v) is 0.506. The highest BCUT2D eigenvalue weighted by Gasteiger charge is 1.99. The number of aliphatic hydroxyl groups excluding tert-OH is 2. The molecular formula is C3H6N2O2. The maximum atomic E-state index is 8.08. The summed E-state index contributed by atoms with van der Waals surface area (Å²) in [6.45, 7) is -0.792. The van der Waals surface area contributed by atoms with Gasteiger partial charge in [-0.05, 0) is 0 Å². The van der Waals surface area contributed by atoms with Crippen molar-refractivity contribution in [2.24, 2.45) is 0 Å². The zero-order valence-electron chi connectivity index (χ0n) is 3.70. The topological polar surface area (TPSA) is 76.9 Å². The van der Waals surface area contributed by atoms with Gasteiger partial charge in [-0.25, -0.2) is 0 Å². The Bertz CT molecular complexity index is 89.1. The van der Waals surface area contributed by atoms with Gasteiger partial charge in [-0.1, -0.05) is 0 Å². The summed E-state index contributed by atoms with van der Waals surface area (Å²) in [6.07, 6.45) is 0. The lowest BCUT2D eigenvalue weighted by molar-refractivity contribution is -0.0202. The summed E-state index contributed by atoms with van der Waals surface area (Å²) in [5.74, 6) is 0. The molecule has 0 radical (unpaired) electrons. The van der Waals surface area contributed by atoms with E-state index in [1.54, 1.807) is 0 Å². The summed E-state index contributed by atoms with van der Waals surface area (Å²) >= 11 is 0. The lowest BCUT2D eigenvalue weighted by Crippen LogP contribution is -2.09. The van der Waals surface area contributed by atoms with E-state index in [-0.39, 0.29) is 5.71 Å². The SMILES string of the molecule is [N-]=[N+]=C(CO)CO. The highest BCUT2D eigenvalue weighted by Crippen LogP contribution is 1.61. The van der Waals surface area contributed by atoms with Crippen molar-refractivity contribution in [3.8, 4) is 0 Å². The first-order valence-electron chi connectivity index (χ1n) is 1.76. The quantitative estimate of drug-likeness (QED) is 0.256. The lowest BCUT2D eigenvalue weighted by atomic mass is 10.4. The van der Waals surface area contributed by atoms with Crippen molar-refractivity contribution >= 4 is 5.71 Å². The van der Waals surface area contributed by atoms with E-state index in [0.717, 1.165) is 0 Å². The molecule has 0 rings (SSSR count). The fourth-order valence-corrected chi connectivity index (χ4v) is 0.113. The molecule has 0 aromatic rings. The second kappa shape index (κ2) is 3.49. The van der Waals surface area contributed by atoms with Gasteiger partial charge in [0.05, 0.1) is 0 Å². The van der Waals surface area contributed by atoms with E-state index in [0.29, 0.717) is 0 Å². The van der Waals surface area contributed by atoms with Crippen LogP contribution in [0, 0.1) is 0 Å². The summed E-state index contributed by atoms with van der Waals surface area (Å²) in [7, 11) is 0. The minimum absolute atomic E-state index is 0.0278. The van der Waals surface area contributed by atoms with Crippen LogP contribution >= 0.6 is 0 Å². The van der Waals surface area contributed by atoms with Crippen LogP contribution in [-0.4, -0.2) is 33.9 Å². The molecule has 0 saturated carbocycles. The molecule has 0 aliphatic carbocycles. The molecular weight excluding hydrogens is 96.0 g/mol. The van der Waals surface area contributed by atoms with Crippen LogP contribution in [0.3, 0.4) is 0 Å². The Morgan fingerprint density at radius 3 is 1.86 bits per heavy atom. The number of aliphatic hydroxyl groups is 2. The highest BCUT2D eigenvalue weighted by atomic mass is 16.3. The van der Waals surface area contributed by atoms with E-state index in [9.17, 15) is 0 Å². The molecule has 0 spiro atoms. The van der Waals surface area contributed by atoms with Crippen molar-refractivity contribution in [2.75, 3.05) is 13.2 Å². The van der Waals surface area contributed by atoms with Crippen molar-refractivity contribution < 1.29 is 15.0 Å². The van der Waals surface area contributed by atoms with Gasteiger partial charge in [-0.15, -0.1) is 0 Å². The van der Waals surface area contributed by atoms with Gasteiger partial charge >= 0.3 is 5.71 Å². The minimum Gasteiger partial charge on any atom is -0.384 e. The predicted octanol–water partition coefficient (Wildman–Crippen LogP) is -1.36. The molecule has 0 saturated heterocycles. The van der Waals surface area contributed by atoms with E-state index in [4.69, 9.17) is 15.7 Å². The molecule has 0 bridgehead atoms. The van der Waals surface area contributed by atoms with Crippen LogP contribution in [0.5, 0.6) is 0 Å². The Kier molecular flexibility index (Phi) is 3.14. The fourth-order valence-electron chi connectivity index (χ4n) is 0.113. The number of nitrogens with zero attached hydrogens (tertiary/aromatic N) is 2. The maximum absolute atomic E-state index is 8.08. The summed E-state index contributed by atoms with van der Waals surface area (Å²) in [5.41, 5.74) is 7.77. The first kappa shape index (κ1) is 6.30. The molecule has 2 N–H and O–H groups in total. The van der Waals surface area contributed by atoms with Gasteiger partial charge in [0.1, 0.15) is 13.2 Å². The fraction of sp³-hybridized carbons (Fsp3) is 0.667.